The van der Waals surface area contributed by atoms with Crippen molar-refractivity contribution in [1.29, 1.82) is 0 Å². The van der Waals surface area contributed by atoms with Gasteiger partial charge in [-0.3, -0.25) is 0 Å². The molecule has 0 aliphatic carbocycles. The summed E-state index contributed by atoms with van der Waals surface area (Å²) in [4.78, 5) is 0. The predicted octanol–water partition coefficient (Wildman–Crippen LogP) is 2.77. The van der Waals surface area contributed by atoms with Crippen LogP contribution in [-0.2, 0) is 0 Å². The van der Waals surface area contributed by atoms with Gasteiger partial charge in [0.15, 0.2) is 11.5 Å². The first-order valence-electron chi connectivity index (χ1n) is 7.41. The van der Waals surface area contributed by atoms with Gasteiger partial charge in [-0.25, -0.2) is 0 Å². The molecule has 0 saturated heterocycles. The van der Waals surface area contributed by atoms with Gasteiger partial charge in [0.05, 0.1) is 13.2 Å². The molecule has 114 valence electrons. The van der Waals surface area contributed by atoms with E-state index in [1.165, 1.54) is 25.7 Å². The van der Waals surface area contributed by atoms with E-state index in [0.717, 1.165) is 6.42 Å². The normalized spacial score (nSPS) is 12.2. The van der Waals surface area contributed by atoms with Crippen LogP contribution in [0.2, 0.25) is 0 Å². The molecule has 0 saturated carbocycles. The summed E-state index contributed by atoms with van der Waals surface area (Å²) >= 11 is 0. The Bertz CT molecular complexity index is 354. The van der Waals surface area contributed by atoms with Crippen LogP contribution < -0.4 is 9.47 Å². The molecule has 0 aromatic heterocycles. The smallest absolute Gasteiger partial charge is 0.161 e. The average molecular weight is 282 g/mol. The summed E-state index contributed by atoms with van der Waals surface area (Å²) in [5.41, 5.74) is 0. The number of hydrogen-bond acceptors (Lipinski definition) is 4. The molecular weight excluding hydrogens is 256 g/mol. The van der Waals surface area contributed by atoms with Crippen LogP contribution >= 0.6 is 0 Å². The van der Waals surface area contributed by atoms with Gasteiger partial charge in [-0.15, -0.1) is 0 Å². The Kier molecular flexibility index (Phi) is 8.83. The van der Waals surface area contributed by atoms with Crippen molar-refractivity contribution in [3.63, 3.8) is 0 Å². The Labute approximate surface area is 121 Å². The van der Waals surface area contributed by atoms with Crippen LogP contribution in [0.25, 0.3) is 0 Å². The zero-order chi connectivity index (χ0) is 14.6. The Morgan fingerprint density at radius 1 is 1.00 bits per heavy atom. The second-order valence-corrected chi connectivity index (χ2v) is 4.86. The summed E-state index contributed by atoms with van der Waals surface area (Å²) in [5.74, 6) is 1.29. The van der Waals surface area contributed by atoms with Crippen LogP contribution in [0.5, 0.6) is 11.5 Å². The highest BCUT2D eigenvalue weighted by Gasteiger charge is 2.07. The summed E-state index contributed by atoms with van der Waals surface area (Å²) in [6.45, 7) is 2.63. The molecule has 1 atom stereocenters. The maximum Gasteiger partial charge on any atom is 0.161 e. The molecule has 20 heavy (non-hydrogen) atoms. The van der Waals surface area contributed by atoms with Crippen molar-refractivity contribution in [2.75, 3.05) is 19.8 Å². The highest BCUT2D eigenvalue weighted by atomic mass is 16.5. The lowest BCUT2D eigenvalue weighted by atomic mass is 10.2. The summed E-state index contributed by atoms with van der Waals surface area (Å²) in [6.07, 6.45) is 5.12. The van der Waals surface area contributed by atoms with E-state index in [9.17, 15) is 5.11 Å². The van der Waals surface area contributed by atoms with Crippen LogP contribution in [0, 0.1) is 0 Å². The fourth-order valence-electron chi connectivity index (χ4n) is 1.82. The molecule has 1 unspecified atom stereocenters. The van der Waals surface area contributed by atoms with E-state index in [4.69, 9.17) is 14.6 Å². The number of aliphatic hydroxyl groups excluding tert-OH is 2. The number of hydrogen-bond donors (Lipinski definition) is 2. The van der Waals surface area contributed by atoms with Crippen LogP contribution in [0.1, 0.15) is 39.0 Å². The van der Waals surface area contributed by atoms with E-state index in [1.807, 2.05) is 18.2 Å². The van der Waals surface area contributed by atoms with Gasteiger partial charge in [0, 0.05) is 0 Å². The summed E-state index contributed by atoms with van der Waals surface area (Å²) in [5, 5.41) is 18.1. The summed E-state index contributed by atoms with van der Waals surface area (Å²) in [6, 6.07) is 7.40. The lowest BCUT2D eigenvalue weighted by Crippen LogP contribution is -2.21. The molecule has 0 amide bonds. The van der Waals surface area contributed by atoms with Gasteiger partial charge < -0.3 is 19.7 Å². The first-order valence-corrected chi connectivity index (χ1v) is 7.41. The summed E-state index contributed by atoms with van der Waals surface area (Å²) in [7, 11) is 0. The zero-order valence-corrected chi connectivity index (χ0v) is 12.3. The predicted molar refractivity (Wildman–Crippen MR) is 79.3 cm³/mol. The number of ether oxygens (including phenoxy) is 2. The molecule has 0 spiro atoms. The first kappa shape index (κ1) is 16.8. The van der Waals surface area contributed by atoms with Crippen LogP contribution in [-0.4, -0.2) is 36.1 Å². The minimum atomic E-state index is -0.864. The molecule has 2 N–H and O–H groups in total. The monoisotopic (exact) mass is 282 g/mol. The maximum absolute atomic E-state index is 9.29. The van der Waals surface area contributed by atoms with Crippen molar-refractivity contribution in [2.45, 2.75) is 45.1 Å². The lowest BCUT2D eigenvalue weighted by Gasteiger charge is -2.14. The van der Waals surface area contributed by atoms with Crippen molar-refractivity contribution in [1.82, 2.24) is 0 Å². The molecular formula is C16H26O4. The van der Waals surface area contributed by atoms with Crippen molar-refractivity contribution in [3.05, 3.63) is 24.3 Å². The Balaban J connectivity index is 2.33. The molecule has 0 bridgehead atoms. The van der Waals surface area contributed by atoms with Gasteiger partial charge in [0.2, 0.25) is 0 Å². The number of unbranched alkanes of at least 4 members (excludes halogenated alkanes) is 4. The van der Waals surface area contributed by atoms with Crippen LogP contribution in [0.15, 0.2) is 24.3 Å². The quantitative estimate of drug-likeness (QED) is 0.613. The molecule has 0 aliphatic heterocycles. The third-order valence-corrected chi connectivity index (χ3v) is 3.00. The molecule has 1 aromatic rings. The van der Waals surface area contributed by atoms with Gasteiger partial charge in [0.25, 0.3) is 0 Å². The van der Waals surface area contributed by atoms with Gasteiger partial charge >= 0.3 is 0 Å². The van der Waals surface area contributed by atoms with Crippen molar-refractivity contribution in [2.24, 2.45) is 0 Å². The Hall–Kier alpha value is -1.26. The van der Waals surface area contributed by atoms with E-state index in [0.29, 0.717) is 18.1 Å². The number of aliphatic hydroxyl groups is 2. The van der Waals surface area contributed by atoms with Crippen molar-refractivity contribution in [3.8, 4) is 11.5 Å². The minimum Gasteiger partial charge on any atom is -0.490 e. The number of rotatable bonds is 11. The molecule has 0 fully saturated rings. The molecule has 4 heteroatoms. The molecule has 1 aromatic carbocycles. The Morgan fingerprint density at radius 2 is 1.65 bits per heavy atom. The molecule has 0 radical (unpaired) electrons. The zero-order valence-electron chi connectivity index (χ0n) is 12.3. The number of benzene rings is 1. The second kappa shape index (κ2) is 10.5. The molecule has 4 nitrogen and oxygen atoms in total. The first-order chi connectivity index (χ1) is 9.77. The van der Waals surface area contributed by atoms with E-state index < -0.39 is 6.10 Å². The van der Waals surface area contributed by atoms with Gasteiger partial charge in [-0.05, 0) is 18.6 Å². The Morgan fingerprint density at radius 3 is 2.30 bits per heavy atom. The standard InChI is InChI=1S/C16H26O4/c1-2-3-4-5-8-11-19-15-9-6-7-10-16(15)20-13-14(18)12-17/h6-7,9-10,14,17-18H,2-5,8,11-13H2,1H3. The highest BCUT2D eigenvalue weighted by Crippen LogP contribution is 2.26. The lowest BCUT2D eigenvalue weighted by molar-refractivity contribution is 0.0524. The van der Waals surface area contributed by atoms with Gasteiger partial charge in [0.1, 0.15) is 12.7 Å². The topological polar surface area (TPSA) is 58.9 Å². The fourth-order valence-corrected chi connectivity index (χ4v) is 1.82. The van der Waals surface area contributed by atoms with Gasteiger partial charge in [-0.1, -0.05) is 44.7 Å². The van der Waals surface area contributed by atoms with Crippen LogP contribution in [0.3, 0.4) is 0 Å². The van der Waals surface area contributed by atoms with E-state index in [1.54, 1.807) is 6.07 Å². The highest BCUT2D eigenvalue weighted by molar-refractivity contribution is 5.39. The minimum absolute atomic E-state index is 0.0629. The maximum atomic E-state index is 9.29. The third-order valence-electron chi connectivity index (χ3n) is 3.00. The molecule has 0 heterocycles. The second-order valence-electron chi connectivity index (χ2n) is 4.86. The average Bonchev–Trinajstić information content (AvgIpc) is 2.49. The van der Waals surface area contributed by atoms with E-state index >= 15 is 0 Å². The van der Waals surface area contributed by atoms with Crippen molar-refractivity contribution >= 4 is 0 Å². The van der Waals surface area contributed by atoms with E-state index in [2.05, 4.69) is 6.92 Å². The molecule has 1 rings (SSSR count). The fraction of sp³-hybridized carbons (Fsp3) is 0.625. The number of para-hydroxylation sites is 2. The largest absolute Gasteiger partial charge is 0.490 e. The summed E-state index contributed by atoms with van der Waals surface area (Å²) < 4.78 is 11.2. The van der Waals surface area contributed by atoms with Crippen molar-refractivity contribution < 1.29 is 19.7 Å². The van der Waals surface area contributed by atoms with E-state index in [-0.39, 0.29) is 13.2 Å². The molecule has 0 aliphatic rings. The van der Waals surface area contributed by atoms with Crippen LogP contribution in [0.4, 0.5) is 0 Å². The van der Waals surface area contributed by atoms with Gasteiger partial charge in [-0.2, -0.15) is 0 Å². The SMILES string of the molecule is CCCCCCCOc1ccccc1OCC(O)CO. The third kappa shape index (κ3) is 6.78.